The SMILES string of the molecule is CCCCCCCCCCCC=CCC=CCCCCCCCCCC(=O)O. The molecule has 0 fully saturated rings. The molecule has 0 aliphatic heterocycles. The van der Waals surface area contributed by atoms with Gasteiger partial charge in [-0.25, -0.2) is 0 Å². The molecule has 0 aromatic heterocycles. The fourth-order valence-corrected chi connectivity index (χ4v) is 3.50. The lowest BCUT2D eigenvalue weighted by Gasteiger charge is -2.00. The van der Waals surface area contributed by atoms with E-state index in [0.29, 0.717) is 6.42 Å². The number of hydrogen-bond donors (Lipinski definition) is 1. The Kier molecular flexibility index (Phi) is 23.1. The zero-order valence-electron chi connectivity index (χ0n) is 18.8. The summed E-state index contributed by atoms with van der Waals surface area (Å²) < 4.78 is 0. The van der Waals surface area contributed by atoms with Crippen molar-refractivity contribution in [2.75, 3.05) is 0 Å². The number of aliphatic carboxylic acids is 1. The Balaban J connectivity index is 3.17. The second kappa shape index (κ2) is 24.0. The fraction of sp³-hybridized carbons (Fsp3) is 0.808. The van der Waals surface area contributed by atoms with Crippen LogP contribution in [0.5, 0.6) is 0 Å². The van der Waals surface area contributed by atoms with Crippen LogP contribution < -0.4 is 0 Å². The standard InChI is InChI=1S/C26H48O2/c1-2-3-4-5-6-7-8-9-10-11-12-13-14-15-16-17-18-19-20-21-22-23-24-25-26(27)28/h12-13,15-16H,2-11,14,17-25H2,1H3,(H,27,28). The Morgan fingerprint density at radius 3 is 1.39 bits per heavy atom. The maximum atomic E-state index is 10.4. The van der Waals surface area contributed by atoms with E-state index in [9.17, 15) is 4.79 Å². The zero-order chi connectivity index (χ0) is 20.5. The van der Waals surface area contributed by atoms with E-state index in [1.165, 1.54) is 103 Å². The second-order valence-electron chi connectivity index (χ2n) is 8.20. The van der Waals surface area contributed by atoms with Gasteiger partial charge in [0.05, 0.1) is 0 Å². The molecule has 0 aromatic rings. The number of unbranched alkanes of at least 4 members (excludes halogenated alkanes) is 16. The van der Waals surface area contributed by atoms with Crippen molar-refractivity contribution in [3.05, 3.63) is 24.3 Å². The maximum Gasteiger partial charge on any atom is 0.303 e. The van der Waals surface area contributed by atoms with Crippen molar-refractivity contribution >= 4 is 5.97 Å². The van der Waals surface area contributed by atoms with Gasteiger partial charge >= 0.3 is 5.97 Å². The Bertz CT molecular complexity index is 371. The number of carbonyl (C=O) groups is 1. The molecular weight excluding hydrogens is 344 g/mol. The van der Waals surface area contributed by atoms with E-state index in [4.69, 9.17) is 5.11 Å². The molecule has 28 heavy (non-hydrogen) atoms. The lowest BCUT2D eigenvalue weighted by atomic mass is 10.1. The van der Waals surface area contributed by atoms with Gasteiger partial charge in [0.1, 0.15) is 0 Å². The summed E-state index contributed by atoms with van der Waals surface area (Å²) in [6.07, 6.45) is 34.1. The van der Waals surface area contributed by atoms with Crippen molar-refractivity contribution in [2.45, 2.75) is 135 Å². The Morgan fingerprint density at radius 1 is 0.571 bits per heavy atom. The Hall–Kier alpha value is -1.05. The summed E-state index contributed by atoms with van der Waals surface area (Å²) in [6.45, 7) is 2.28. The van der Waals surface area contributed by atoms with Gasteiger partial charge in [-0.2, -0.15) is 0 Å². The van der Waals surface area contributed by atoms with Gasteiger partial charge in [0.15, 0.2) is 0 Å². The number of carboxylic acids is 1. The van der Waals surface area contributed by atoms with Crippen molar-refractivity contribution in [1.82, 2.24) is 0 Å². The lowest BCUT2D eigenvalue weighted by Crippen LogP contribution is -1.93. The monoisotopic (exact) mass is 392 g/mol. The first-order valence-electron chi connectivity index (χ1n) is 12.3. The van der Waals surface area contributed by atoms with Gasteiger partial charge in [0.2, 0.25) is 0 Å². The van der Waals surface area contributed by atoms with E-state index in [1.54, 1.807) is 0 Å². The number of carboxylic acid groups (broad SMARTS) is 1. The molecule has 0 amide bonds. The molecule has 0 rings (SSSR count). The normalized spacial score (nSPS) is 11.8. The summed E-state index contributed by atoms with van der Waals surface area (Å²) in [5.74, 6) is -0.662. The van der Waals surface area contributed by atoms with Gasteiger partial charge in [-0.05, 0) is 38.5 Å². The molecule has 0 spiro atoms. The molecule has 2 nitrogen and oxygen atoms in total. The van der Waals surface area contributed by atoms with Crippen LogP contribution in [0.2, 0.25) is 0 Å². The van der Waals surface area contributed by atoms with Crippen molar-refractivity contribution in [3.63, 3.8) is 0 Å². The van der Waals surface area contributed by atoms with Crippen LogP contribution in [0, 0.1) is 0 Å². The first-order chi connectivity index (χ1) is 13.8. The van der Waals surface area contributed by atoms with E-state index in [-0.39, 0.29) is 0 Å². The van der Waals surface area contributed by atoms with Crippen molar-refractivity contribution in [3.8, 4) is 0 Å². The minimum absolute atomic E-state index is 0.332. The predicted octanol–water partition coefficient (Wildman–Crippen LogP) is 9.01. The van der Waals surface area contributed by atoms with Crippen LogP contribution in [-0.4, -0.2) is 11.1 Å². The lowest BCUT2D eigenvalue weighted by molar-refractivity contribution is -0.137. The van der Waals surface area contributed by atoms with Crippen LogP contribution in [0.3, 0.4) is 0 Å². The second-order valence-corrected chi connectivity index (χ2v) is 8.20. The van der Waals surface area contributed by atoms with Crippen LogP contribution in [-0.2, 0) is 4.79 Å². The summed E-state index contributed by atoms with van der Waals surface area (Å²) in [7, 11) is 0. The van der Waals surface area contributed by atoms with E-state index in [2.05, 4.69) is 31.2 Å². The Morgan fingerprint density at radius 2 is 0.964 bits per heavy atom. The molecule has 1 N–H and O–H groups in total. The minimum atomic E-state index is -0.662. The highest BCUT2D eigenvalue weighted by Crippen LogP contribution is 2.11. The molecule has 0 bridgehead atoms. The first kappa shape index (κ1) is 27.0. The molecule has 0 radical (unpaired) electrons. The van der Waals surface area contributed by atoms with Crippen LogP contribution in [0.4, 0.5) is 0 Å². The summed E-state index contributed by atoms with van der Waals surface area (Å²) in [6, 6.07) is 0. The highest BCUT2D eigenvalue weighted by atomic mass is 16.4. The molecule has 0 atom stereocenters. The van der Waals surface area contributed by atoms with Gasteiger partial charge < -0.3 is 5.11 Å². The smallest absolute Gasteiger partial charge is 0.303 e. The van der Waals surface area contributed by atoms with Crippen LogP contribution in [0.25, 0.3) is 0 Å². The maximum absolute atomic E-state index is 10.4. The average molecular weight is 393 g/mol. The van der Waals surface area contributed by atoms with E-state index in [0.717, 1.165) is 19.3 Å². The highest BCUT2D eigenvalue weighted by molar-refractivity contribution is 5.66. The van der Waals surface area contributed by atoms with Gasteiger partial charge in [-0.3, -0.25) is 4.79 Å². The van der Waals surface area contributed by atoms with Gasteiger partial charge in [-0.15, -0.1) is 0 Å². The molecule has 0 aromatic carbocycles. The van der Waals surface area contributed by atoms with Gasteiger partial charge in [0, 0.05) is 6.42 Å². The molecule has 0 heterocycles. The topological polar surface area (TPSA) is 37.3 Å². The van der Waals surface area contributed by atoms with Crippen molar-refractivity contribution < 1.29 is 9.90 Å². The fourth-order valence-electron chi connectivity index (χ4n) is 3.50. The van der Waals surface area contributed by atoms with Crippen LogP contribution in [0.1, 0.15) is 135 Å². The minimum Gasteiger partial charge on any atom is -0.481 e. The molecule has 2 heteroatoms. The van der Waals surface area contributed by atoms with Crippen molar-refractivity contribution in [2.24, 2.45) is 0 Å². The molecular formula is C26H48O2. The molecule has 0 saturated heterocycles. The molecule has 0 saturated carbocycles. The zero-order valence-corrected chi connectivity index (χ0v) is 18.8. The van der Waals surface area contributed by atoms with Gasteiger partial charge in [0.25, 0.3) is 0 Å². The summed E-state index contributed by atoms with van der Waals surface area (Å²) >= 11 is 0. The third kappa shape index (κ3) is 24.9. The molecule has 0 aliphatic carbocycles. The number of allylic oxidation sites excluding steroid dienone is 4. The Labute approximate surface area is 175 Å². The average Bonchev–Trinajstić information content (AvgIpc) is 2.68. The van der Waals surface area contributed by atoms with Crippen molar-refractivity contribution in [1.29, 1.82) is 0 Å². The summed E-state index contributed by atoms with van der Waals surface area (Å²) in [4.78, 5) is 10.4. The third-order valence-electron chi connectivity index (χ3n) is 5.34. The van der Waals surface area contributed by atoms with E-state index < -0.39 is 5.97 Å². The number of rotatable bonds is 22. The quantitative estimate of drug-likeness (QED) is 0.147. The molecule has 0 unspecified atom stereocenters. The largest absolute Gasteiger partial charge is 0.481 e. The number of hydrogen-bond acceptors (Lipinski definition) is 1. The van der Waals surface area contributed by atoms with E-state index >= 15 is 0 Å². The van der Waals surface area contributed by atoms with Gasteiger partial charge in [-0.1, -0.05) is 115 Å². The van der Waals surface area contributed by atoms with E-state index in [1.807, 2.05) is 0 Å². The predicted molar refractivity (Wildman–Crippen MR) is 124 cm³/mol. The molecule has 0 aliphatic rings. The molecule has 164 valence electrons. The van der Waals surface area contributed by atoms with Crippen LogP contribution >= 0.6 is 0 Å². The highest BCUT2D eigenvalue weighted by Gasteiger charge is 1.96. The summed E-state index contributed by atoms with van der Waals surface area (Å²) in [5.41, 5.74) is 0. The van der Waals surface area contributed by atoms with Crippen LogP contribution in [0.15, 0.2) is 24.3 Å². The first-order valence-corrected chi connectivity index (χ1v) is 12.3. The summed E-state index contributed by atoms with van der Waals surface area (Å²) in [5, 5.41) is 8.57. The third-order valence-corrected chi connectivity index (χ3v) is 5.34.